The van der Waals surface area contributed by atoms with E-state index in [0.717, 1.165) is 28.2 Å². The van der Waals surface area contributed by atoms with Crippen LogP contribution in [-0.4, -0.2) is 52.2 Å². The monoisotopic (exact) mass is 494 g/mol. The van der Waals surface area contributed by atoms with Crippen molar-refractivity contribution < 1.29 is 18.0 Å². The number of sulfonamides is 1. The number of anilines is 2. The Balaban J connectivity index is 1.86. The molecule has 2 N–H and O–H groups in total. The Morgan fingerprint density at radius 1 is 1.06 bits per heavy atom. The van der Waals surface area contributed by atoms with Crippen molar-refractivity contribution >= 4 is 44.0 Å². The fraction of sp³-hybridized carbons (Fsp3) is 0.308. The number of amides is 2. The maximum absolute atomic E-state index is 13.9. The normalized spacial score (nSPS) is 17.1. The largest absolute Gasteiger partial charge is 0.341 e. The van der Waals surface area contributed by atoms with Crippen LogP contribution in [0.4, 0.5) is 11.4 Å². The molecule has 0 aliphatic carbocycles. The van der Waals surface area contributed by atoms with Crippen LogP contribution in [0.15, 0.2) is 60.7 Å². The highest BCUT2D eigenvalue weighted by Gasteiger charge is 2.38. The molecule has 2 unspecified atom stereocenters. The third-order valence-electron chi connectivity index (χ3n) is 6.49. The van der Waals surface area contributed by atoms with Crippen LogP contribution in [0.2, 0.25) is 0 Å². The Morgan fingerprint density at radius 2 is 1.71 bits per heavy atom. The first-order valence-electron chi connectivity index (χ1n) is 11.4. The minimum Gasteiger partial charge on any atom is -0.341 e. The summed E-state index contributed by atoms with van der Waals surface area (Å²) in [5.74, 6) is -0.751. The van der Waals surface area contributed by atoms with Crippen LogP contribution >= 0.6 is 0 Å². The highest BCUT2D eigenvalue weighted by molar-refractivity contribution is 7.92. The summed E-state index contributed by atoms with van der Waals surface area (Å²) in [5, 5.41) is 7.69. The van der Waals surface area contributed by atoms with Crippen LogP contribution in [-0.2, 0) is 26.2 Å². The van der Waals surface area contributed by atoms with Crippen LogP contribution in [0, 0.1) is 6.92 Å². The Hall–Kier alpha value is -3.43. The molecule has 0 bridgehead atoms. The minimum atomic E-state index is -3.73. The molecule has 3 aromatic carbocycles. The number of hydrogen-bond donors (Lipinski definition) is 2. The molecule has 0 radical (unpaired) electrons. The number of fused-ring (bicyclic) bond motifs is 2. The molecule has 1 aliphatic heterocycles. The quantitative estimate of drug-likeness (QED) is 0.549. The third-order valence-corrected chi connectivity index (χ3v) is 7.63. The number of carbonyl (C=O) groups is 2. The number of benzene rings is 3. The van der Waals surface area contributed by atoms with Crippen molar-refractivity contribution in [3.63, 3.8) is 0 Å². The van der Waals surface area contributed by atoms with Gasteiger partial charge in [-0.25, -0.2) is 8.42 Å². The molecule has 0 aromatic heterocycles. The van der Waals surface area contributed by atoms with Gasteiger partial charge in [0.25, 0.3) is 5.91 Å². The summed E-state index contributed by atoms with van der Waals surface area (Å²) in [7, 11) is -2.09. The molecule has 0 fully saturated rings. The number of nitrogens with zero attached hydrogens (tertiary/aromatic N) is 2. The van der Waals surface area contributed by atoms with Gasteiger partial charge in [0.15, 0.2) is 0 Å². The van der Waals surface area contributed by atoms with E-state index in [1.165, 1.54) is 4.31 Å². The predicted octanol–water partition coefficient (Wildman–Crippen LogP) is 2.55. The van der Waals surface area contributed by atoms with E-state index in [-0.39, 0.29) is 24.9 Å². The van der Waals surface area contributed by atoms with Crippen molar-refractivity contribution in [1.82, 2.24) is 10.6 Å². The lowest BCUT2D eigenvalue weighted by atomic mass is 9.99. The van der Waals surface area contributed by atoms with Crippen LogP contribution < -0.4 is 19.8 Å². The van der Waals surface area contributed by atoms with Gasteiger partial charge < -0.3 is 15.5 Å². The second kappa shape index (κ2) is 9.67. The Morgan fingerprint density at radius 3 is 2.40 bits per heavy atom. The molecular weight excluding hydrogens is 464 g/mol. The minimum absolute atomic E-state index is 0.193. The van der Waals surface area contributed by atoms with Gasteiger partial charge in [-0.05, 0) is 54.9 Å². The number of likely N-dealkylation sites (N-methyl/N-ethyl adjacent to an activating group) is 1. The van der Waals surface area contributed by atoms with Gasteiger partial charge in [0.05, 0.1) is 36.8 Å². The van der Waals surface area contributed by atoms with Gasteiger partial charge in [-0.2, -0.15) is 0 Å². The molecule has 1 heterocycles. The summed E-state index contributed by atoms with van der Waals surface area (Å²) >= 11 is 0. The molecule has 1 aliphatic rings. The third kappa shape index (κ3) is 4.87. The molecule has 0 saturated heterocycles. The van der Waals surface area contributed by atoms with Gasteiger partial charge in [0.2, 0.25) is 15.9 Å². The summed E-state index contributed by atoms with van der Waals surface area (Å²) in [6, 6.07) is 17.4. The molecule has 0 saturated carbocycles. The zero-order chi connectivity index (χ0) is 25.3. The van der Waals surface area contributed by atoms with Gasteiger partial charge >= 0.3 is 0 Å². The van der Waals surface area contributed by atoms with Crippen molar-refractivity contribution in [3.8, 4) is 0 Å². The van der Waals surface area contributed by atoms with Gasteiger partial charge in [-0.15, -0.1) is 0 Å². The van der Waals surface area contributed by atoms with E-state index >= 15 is 0 Å². The Labute approximate surface area is 206 Å². The number of aryl methyl sites for hydroxylation is 1. The Bertz CT molecular complexity index is 1390. The SMILES string of the molecule is CNC(C)C(=O)NC1CN(S(C)(=O)=O)c2ccccc2N(Cc2c(C)ccc3ccccc23)C1=O. The van der Waals surface area contributed by atoms with E-state index in [1.54, 1.807) is 43.1 Å². The van der Waals surface area contributed by atoms with Crippen LogP contribution in [0.3, 0.4) is 0 Å². The molecule has 2 atom stereocenters. The van der Waals surface area contributed by atoms with E-state index in [9.17, 15) is 18.0 Å². The van der Waals surface area contributed by atoms with Gasteiger partial charge in [-0.3, -0.25) is 13.9 Å². The number of rotatable bonds is 6. The molecule has 0 spiro atoms. The van der Waals surface area contributed by atoms with Crippen LogP contribution in [0.25, 0.3) is 10.8 Å². The average Bonchev–Trinajstić information content (AvgIpc) is 2.95. The fourth-order valence-corrected chi connectivity index (χ4v) is 5.31. The van der Waals surface area contributed by atoms with E-state index in [2.05, 4.69) is 10.6 Å². The zero-order valence-corrected chi connectivity index (χ0v) is 21.1. The molecular formula is C26H30N4O4S. The maximum atomic E-state index is 13.9. The zero-order valence-electron chi connectivity index (χ0n) is 20.3. The highest BCUT2D eigenvalue weighted by atomic mass is 32.2. The second-order valence-electron chi connectivity index (χ2n) is 8.86. The van der Waals surface area contributed by atoms with Crippen molar-refractivity contribution in [2.24, 2.45) is 0 Å². The van der Waals surface area contributed by atoms with Crippen molar-refractivity contribution in [2.75, 3.05) is 29.1 Å². The van der Waals surface area contributed by atoms with E-state index in [4.69, 9.17) is 0 Å². The van der Waals surface area contributed by atoms with Crippen molar-refractivity contribution in [1.29, 1.82) is 0 Å². The number of nitrogens with one attached hydrogen (secondary N) is 2. The predicted molar refractivity (Wildman–Crippen MR) is 139 cm³/mol. The van der Waals surface area contributed by atoms with Crippen molar-refractivity contribution in [2.45, 2.75) is 32.5 Å². The van der Waals surface area contributed by atoms with Crippen molar-refractivity contribution in [3.05, 3.63) is 71.8 Å². The lowest BCUT2D eigenvalue weighted by Crippen LogP contribution is -2.55. The lowest BCUT2D eigenvalue weighted by Gasteiger charge is -2.27. The standard InChI is InChI=1S/C26H30N4O4S/c1-17-13-14-19-9-5-6-10-20(19)21(17)15-29-23-11-7-8-12-24(23)30(35(4,33)34)16-22(26(29)32)28-25(31)18(2)27-3/h5-14,18,22,27H,15-16H2,1-4H3,(H,28,31). The van der Waals surface area contributed by atoms with E-state index < -0.39 is 22.1 Å². The van der Waals surface area contributed by atoms with Gasteiger partial charge in [-0.1, -0.05) is 48.5 Å². The summed E-state index contributed by atoms with van der Waals surface area (Å²) in [4.78, 5) is 28.2. The van der Waals surface area contributed by atoms with Crippen LogP contribution in [0.1, 0.15) is 18.1 Å². The summed E-state index contributed by atoms with van der Waals surface area (Å²) in [6.07, 6.45) is 1.11. The summed E-state index contributed by atoms with van der Waals surface area (Å²) in [5.41, 5.74) is 2.86. The number of hydrogen-bond acceptors (Lipinski definition) is 5. The molecule has 184 valence electrons. The highest BCUT2D eigenvalue weighted by Crippen LogP contribution is 2.36. The van der Waals surface area contributed by atoms with Crippen LogP contribution in [0.5, 0.6) is 0 Å². The fourth-order valence-electron chi connectivity index (χ4n) is 4.38. The van der Waals surface area contributed by atoms with Gasteiger partial charge in [0, 0.05) is 0 Å². The molecule has 3 aromatic rings. The molecule has 8 nitrogen and oxygen atoms in total. The maximum Gasteiger partial charge on any atom is 0.251 e. The molecule has 9 heteroatoms. The topological polar surface area (TPSA) is 98.8 Å². The lowest BCUT2D eigenvalue weighted by molar-refractivity contribution is -0.128. The average molecular weight is 495 g/mol. The molecule has 2 amide bonds. The molecule has 4 rings (SSSR count). The smallest absolute Gasteiger partial charge is 0.251 e. The summed E-state index contributed by atoms with van der Waals surface area (Å²) in [6.45, 7) is 3.71. The van der Waals surface area contributed by atoms with E-state index in [0.29, 0.717) is 11.4 Å². The number of para-hydroxylation sites is 2. The van der Waals surface area contributed by atoms with Gasteiger partial charge in [0.1, 0.15) is 6.04 Å². The van der Waals surface area contributed by atoms with E-state index in [1.807, 2.05) is 43.3 Å². The first-order chi connectivity index (χ1) is 16.6. The molecule has 35 heavy (non-hydrogen) atoms. The Kier molecular flexibility index (Phi) is 6.82. The first-order valence-corrected chi connectivity index (χ1v) is 13.3. The second-order valence-corrected chi connectivity index (χ2v) is 10.8. The number of carbonyl (C=O) groups excluding carboxylic acids is 2. The summed E-state index contributed by atoms with van der Waals surface area (Å²) < 4.78 is 26.8. The first kappa shape index (κ1) is 24.7.